The van der Waals surface area contributed by atoms with Gasteiger partial charge in [-0.15, -0.1) is 0 Å². The number of benzene rings is 2. The highest BCUT2D eigenvalue weighted by Crippen LogP contribution is 2.41. The predicted octanol–water partition coefficient (Wildman–Crippen LogP) is 7.87. The zero-order valence-electron chi connectivity index (χ0n) is 25.8. The van der Waals surface area contributed by atoms with E-state index in [9.17, 15) is 0 Å². The molecule has 4 fully saturated rings. The third-order valence-electron chi connectivity index (χ3n) is 9.25. The lowest BCUT2D eigenvalue weighted by Gasteiger charge is -2.47. The Kier molecular flexibility index (Phi) is 10.9. The molecule has 6 rings (SSSR count). The van der Waals surface area contributed by atoms with Crippen molar-refractivity contribution in [3.8, 4) is 11.5 Å². The van der Waals surface area contributed by atoms with Crippen LogP contribution in [0.2, 0.25) is 0 Å². The first kappa shape index (κ1) is 30.8. The SMILES string of the molecule is c1cc(OC2CCCCO2)ccc1CCC1(OC2(CCc3ccc(OC4CCCCO4)cc3)CCCCO2)CCCCO1. The van der Waals surface area contributed by atoms with Crippen LogP contribution in [-0.2, 0) is 36.5 Å². The van der Waals surface area contributed by atoms with E-state index in [-0.39, 0.29) is 12.6 Å². The summed E-state index contributed by atoms with van der Waals surface area (Å²) in [5, 5.41) is 0. The van der Waals surface area contributed by atoms with Gasteiger partial charge in [-0.1, -0.05) is 24.3 Å². The van der Waals surface area contributed by atoms with Crippen LogP contribution in [0.1, 0.15) is 101 Å². The van der Waals surface area contributed by atoms with Crippen LogP contribution in [-0.4, -0.2) is 50.6 Å². The quantitative estimate of drug-likeness (QED) is 0.248. The second kappa shape index (κ2) is 15.2. The fourth-order valence-electron chi connectivity index (χ4n) is 6.70. The van der Waals surface area contributed by atoms with Crippen molar-refractivity contribution < 1.29 is 33.2 Å². The highest BCUT2D eigenvalue weighted by molar-refractivity contribution is 5.28. The van der Waals surface area contributed by atoms with Crippen LogP contribution in [0.3, 0.4) is 0 Å². The molecule has 0 bridgehead atoms. The van der Waals surface area contributed by atoms with Gasteiger partial charge in [-0.05, 0) is 99.6 Å². The van der Waals surface area contributed by atoms with E-state index in [1.165, 1.54) is 11.1 Å². The topological polar surface area (TPSA) is 64.6 Å². The number of aryl methyl sites for hydroxylation is 2. The van der Waals surface area contributed by atoms with E-state index < -0.39 is 11.6 Å². The van der Waals surface area contributed by atoms with E-state index in [2.05, 4.69) is 48.5 Å². The zero-order chi connectivity index (χ0) is 29.2. The van der Waals surface area contributed by atoms with Crippen molar-refractivity contribution in [3.05, 3.63) is 59.7 Å². The molecule has 2 aromatic carbocycles. The van der Waals surface area contributed by atoms with E-state index in [1.54, 1.807) is 0 Å². The fraction of sp³-hybridized carbons (Fsp3) is 0.667. The second-order valence-electron chi connectivity index (χ2n) is 12.7. The Balaban J connectivity index is 1.06. The molecule has 4 saturated heterocycles. The van der Waals surface area contributed by atoms with Crippen LogP contribution >= 0.6 is 0 Å². The highest BCUT2D eigenvalue weighted by atomic mass is 16.8. The Bertz CT molecular complexity index is 990. The van der Waals surface area contributed by atoms with Gasteiger partial charge in [0.2, 0.25) is 0 Å². The molecule has 7 nitrogen and oxygen atoms in total. The van der Waals surface area contributed by atoms with E-state index >= 15 is 0 Å². The van der Waals surface area contributed by atoms with Gasteiger partial charge < -0.3 is 33.2 Å². The van der Waals surface area contributed by atoms with Crippen LogP contribution in [0.25, 0.3) is 0 Å². The maximum absolute atomic E-state index is 7.07. The molecule has 4 unspecified atom stereocenters. The monoisotopic (exact) mass is 594 g/mol. The van der Waals surface area contributed by atoms with Crippen LogP contribution in [0.15, 0.2) is 48.5 Å². The maximum atomic E-state index is 7.07. The maximum Gasteiger partial charge on any atom is 0.199 e. The lowest BCUT2D eigenvalue weighted by Crippen LogP contribution is -2.51. The molecule has 0 spiro atoms. The van der Waals surface area contributed by atoms with Gasteiger partial charge in [-0.25, -0.2) is 0 Å². The molecule has 0 N–H and O–H groups in total. The predicted molar refractivity (Wildman–Crippen MR) is 164 cm³/mol. The third kappa shape index (κ3) is 8.95. The van der Waals surface area contributed by atoms with Crippen LogP contribution in [0.4, 0.5) is 0 Å². The van der Waals surface area contributed by atoms with Crippen LogP contribution < -0.4 is 9.47 Å². The second-order valence-corrected chi connectivity index (χ2v) is 12.7. The molecule has 4 aliphatic rings. The molecular weight excluding hydrogens is 544 g/mol. The first-order chi connectivity index (χ1) is 21.2. The number of rotatable bonds is 12. The largest absolute Gasteiger partial charge is 0.465 e. The van der Waals surface area contributed by atoms with Gasteiger partial charge in [-0.3, -0.25) is 0 Å². The Hall–Kier alpha value is -2.16. The van der Waals surface area contributed by atoms with Crippen molar-refractivity contribution in [2.75, 3.05) is 26.4 Å². The standard InChI is InChI=1S/C36H50O7/c1-5-25-37-33(9-1)41-31-15-11-29(12-16-31)19-23-35(21-3-7-27-39-35)43-36(22-4-8-28-40-36)24-20-30-13-17-32(18-14-30)42-34-10-2-6-26-38-34/h11-18,33-34H,1-10,19-28H2. The summed E-state index contributed by atoms with van der Waals surface area (Å²) in [5.41, 5.74) is 2.52. The first-order valence-corrected chi connectivity index (χ1v) is 16.9. The molecule has 0 saturated carbocycles. The minimum atomic E-state index is -0.627. The summed E-state index contributed by atoms with van der Waals surface area (Å²) in [6.07, 6.45) is 15.8. The summed E-state index contributed by atoms with van der Waals surface area (Å²) in [5.74, 6) is 0.482. The first-order valence-electron chi connectivity index (χ1n) is 16.9. The lowest BCUT2D eigenvalue weighted by atomic mass is 9.94. The summed E-state index contributed by atoms with van der Waals surface area (Å²) in [4.78, 5) is 0. The van der Waals surface area contributed by atoms with Gasteiger partial charge in [-0.2, -0.15) is 0 Å². The molecule has 0 amide bonds. The van der Waals surface area contributed by atoms with Crippen molar-refractivity contribution in [2.45, 2.75) is 127 Å². The summed E-state index contributed by atoms with van der Waals surface area (Å²) < 4.78 is 43.6. The average Bonchev–Trinajstić information content (AvgIpc) is 3.06. The van der Waals surface area contributed by atoms with Crippen LogP contribution in [0.5, 0.6) is 11.5 Å². The van der Waals surface area contributed by atoms with E-state index in [1.807, 2.05) is 0 Å². The molecule has 0 aliphatic carbocycles. The Labute approximate surface area is 257 Å². The van der Waals surface area contributed by atoms with Crippen molar-refractivity contribution in [2.24, 2.45) is 0 Å². The minimum Gasteiger partial charge on any atom is -0.465 e. The minimum absolute atomic E-state index is 0.124. The Morgan fingerprint density at radius 1 is 0.535 bits per heavy atom. The van der Waals surface area contributed by atoms with Gasteiger partial charge in [0.1, 0.15) is 11.5 Å². The Morgan fingerprint density at radius 3 is 1.35 bits per heavy atom. The summed E-state index contributed by atoms with van der Waals surface area (Å²) in [7, 11) is 0. The van der Waals surface area contributed by atoms with E-state index in [4.69, 9.17) is 33.2 Å². The molecule has 236 valence electrons. The number of hydrogen-bond donors (Lipinski definition) is 0. The van der Waals surface area contributed by atoms with Gasteiger partial charge >= 0.3 is 0 Å². The molecule has 4 heterocycles. The molecule has 0 radical (unpaired) electrons. The van der Waals surface area contributed by atoms with E-state index in [0.717, 1.165) is 141 Å². The summed E-state index contributed by atoms with van der Waals surface area (Å²) >= 11 is 0. The highest BCUT2D eigenvalue weighted by Gasteiger charge is 2.45. The van der Waals surface area contributed by atoms with Gasteiger partial charge in [0, 0.05) is 38.5 Å². The summed E-state index contributed by atoms with van der Waals surface area (Å²) in [6, 6.07) is 16.9. The van der Waals surface area contributed by atoms with E-state index in [0.29, 0.717) is 0 Å². The average molecular weight is 595 g/mol. The molecule has 43 heavy (non-hydrogen) atoms. The zero-order valence-corrected chi connectivity index (χ0v) is 25.8. The molecule has 4 aliphatic heterocycles. The van der Waals surface area contributed by atoms with Crippen molar-refractivity contribution in [3.63, 3.8) is 0 Å². The molecule has 4 atom stereocenters. The van der Waals surface area contributed by atoms with Crippen molar-refractivity contribution in [1.82, 2.24) is 0 Å². The van der Waals surface area contributed by atoms with Crippen molar-refractivity contribution >= 4 is 0 Å². The Morgan fingerprint density at radius 2 is 0.977 bits per heavy atom. The molecular formula is C36H50O7. The molecule has 7 heteroatoms. The third-order valence-corrected chi connectivity index (χ3v) is 9.25. The van der Waals surface area contributed by atoms with Gasteiger partial charge in [0.15, 0.2) is 24.2 Å². The summed E-state index contributed by atoms with van der Waals surface area (Å²) in [6.45, 7) is 3.04. The van der Waals surface area contributed by atoms with Gasteiger partial charge in [0.05, 0.1) is 26.4 Å². The smallest absolute Gasteiger partial charge is 0.199 e. The van der Waals surface area contributed by atoms with Crippen molar-refractivity contribution in [1.29, 1.82) is 0 Å². The lowest BCUT2D eigenvalue weighted by molar-refractivity contribution is -0.380. The molecule has 2 aromatic rings. The normalized spacial score (nSPS) is 30.0. The number of hydrogen-bond acceptors (Lipinski definition) is 7. The number of ether oxygens (including phenoxy) is 7. The van der Waals surface area contributed by atoms with Gasteiger partial charge in [0.25, 0.3) is 0 Å². The molecule has 0 aromatic heterocycles. The fourth-order valence-corrected chi connectivity index (χ4v) is 6.70. The van der Waals surface area contributed by atoms with Crippen LogP contribution in [0, 0.1) is 0 Å².